The number of ether oxygens (including phenoxy) is 2. The topological polar surface area (TPSA) is 44.5 Å². The van der Waals surface area contributed by atoms with Crippen LogP contribution in [0.15, 0.2) is 36.4 Å². The molecule has 2 aromatic rings. The molecule has 2 N–H and O–H groups in total. The van der Waals surface area contributed by atoms with Crippen LogP contribution < -0.4 is 15.2 Å². The Labute approximate surface area is 128 Å². The van der Waals surface area contributed by atoms with Crippen molar-refractivity contribution in [3.8, 4) is 11.5 Å². The van der Waals surface area contributed by atoms with E-state index in [1.165, 1.54) is 0 Å². The van der Waals surface area contributed by atoms with Gasteiger partial charge in [0.25, 0.3) is 0 Å². The third-order valence-corrected chi connectivity index (χ3v) is 3.63. The fraction of sp³-hybridized carbons (Fsp3) is 0.200. The Morgan fingerprint density at radius 3 is 2.40 bits per heavy atom. The van der Waals surface area contributed by atoms with Gasteiger partial charge < -0.3 is 15.2 Å². The lowest BCUT2D eigenvalue weighted by molar-refractivity contribution is 0.302. The highest BCUT2D eigenvalue weighted by atomic mass is 35.5. The fourth-order valence-corrected chi connectivity index (χ4v) is 2.31. The minimum Gasteiger partial charge on any atom is -0.497 e. The van der Waals surface area contributed by atoms with E-state index in [1.54, 1.807) is 25.3 Å². The molecule has 0 heterocycles. The molecule has 0 spiro atoms. The molecule has 106 valence electrons. The van der Waals surface area contributed by atoms with Crippen LogP contribution in [0.25, 0.3) is 0 Å². The number of benzene rings is 2. The summed E-state index contributed by atoms with van der Waals surface area (Å²) in [5.41, 5.74) is 7.34. The standard InChI is InChI=1S/C15H15Cl2NO2/c1-19-11-5-6-15(10(7-11)8-18)20-9-12-13(16)3-2-4-14(12)17/h2-7H,8-9,18H2,1H3. The van der Waals surface area contributed by atoms with Crippen molar-refractivity contribution in [2.75, 3.05) is 7.11 Å². The van der Waals surface area contributed by atoms with Crippen LogP contribution in [-0.4, -0.2) is 7.11 Å². The Kier molecular flexibility index (Phi) is 5.12. The van der Waals surface area contributed by atoms with E-state index in [4.69, 9.17) is 38.4 Å². The SMILES string of the molecule is COc1ccc(OCc2c(Cl)cccc2Cl)c(CN)c1. The summed E-state index contributed by atoms with van der Waals surface area (Å²) < 4.78 is 10.9. The molecule has 0 fully saturated rings. The molecule has 0 aromatic heterocycles. The molecule has 3 nitrogen and oxygen atoms in total. The zero-order valence-corrected chi connectivity index (χ0v) is 12.5. The number of rotatable bonds is 5. The molecule has 0 aliphatic heterocycles. The van der Waals surface area contributed by atoms with E-state index in [9.17, 15) is 0 Å². The molecule has 0 aliphatic rings. The summed E-state index contributed by atoms with van der Waals surface area (Å²) in [6.45, 7) is 0.653. The van der Waals surface area contributed by atoms with Gasteiger partial charge in [0.05, 0.1) is 7.11 Å². The second kappa shape index (κ2) is 6.84. The van der Waals surface area contributed by atoms with Gasteiger partial charge in [-0.15, -0.1) is 0 Å². The number of hydrogen-bond acceptors (Lipinski definition) is 3. The van der Waals surface area contributed by atoms with Crippen LogP contribution in [0.2, 0.25) is 10.0 Å². The van der Waals surface area contributed by atoms with E-state index in [0.717, 1.165) is 16.9 Å². The lowest BCUT2D eigenvalue weighted by Gasteiger charge is -2.13. The summed E-state index contributed by atoms with van der Waals surface area (Å²) in [6, 6.07) is 10.9. The maximum atomic E-state index is 6.11. The van der Waals surface area contributed by atoms with Crippen molar-refractivity contribution in [2.45, 2.75) is 13.2 Å². The second-order valence-electron chi connectivity index (χ2n) is 4.17. The molecule has 0 atom stereocenters. The summed E-state index contributed by atoms with van der Waals surface area (Å²) >= 11 is 12.2. The van der Waals surface area contributed by atoms with Crippen molar-refractivity contribution in [2.24, 2.45) is 5.73 Å². The van der Waals surface area contributed by atoms with E-state index < -0.39 is 0 Å². The summed E-state index contributed by atoms with van der Waals surface area (Å²) in [5.74, 6) is 1.44. The van der Waals surface area contributed by atoms with Gasteiger partial charge in [-0.25, -0.2) is 0 Å². The Hall–Kier alpha value is -1.42. The van der Waals surface area contributed by atoms with Gasteiger partial charge in [0.1, 0.15) is 18.1 Å². The Morgan fingerprint density at radius 2 is 1.80 bits per heavy atom. The van der Waals surface area contributed by atoms with Gasteiger partial charge in [-0.3, -0.25) is 0 Å². The number of hydrogen-bond donors (Lipinski definition) is 1. The second-order valence-corrected chi connectivity index (χ2v) is 4.98. The van der Waals surface area contributed by atoms with Gasteiger partial charge in [0, 0.05) is 27.7 Å². The van der Waals surface area contributed by atoms with Crippen LogP contribution in [0.3, 0.4) is 0 Å². The Balaban J connectivity index is 2.19. The first-order valence-corrected chi connectivity index (χ1v) is 6.84. The maximum Gasteiger partial charge on any atom is 0.124 e. The largest absolute Gasteiger partial charge is 0.497 e. The summed E-state index contributed by atoms with van der Waals surface area (Å²) in [7, 11) is 1.61. The minimum absolute atomic E-state index is 0.290. The minimum atomic E-state index is 0.290. The molecule has 0 saturated carbocycles. The predicted molar refractivity (Wildman–Crippen MR) is 81.7 cm³/mol. The quantitative estimate of drug-likeness (QED) is 0.906. The Morgan fingerprint density at radius 1 is 1.10 bits per heavy atom. The van der Waals surface area contributed by atoms with Crippen LogP contribution in [-0.2, 0) is 13.2 Å². The molecular weight excluding hydrogens is 297 g/mol. The highest BCUT2D eigenvalue weighted by Gasteiger charge is 2.09. The highest BCUT2D eigenvalue weighted by molar-refractivity contribution is 6.35. The van der Waals surface area contributed by atoms with E-state index in [2.05, 4.69) is 0 Å². The summed E-state index contributed by atoms with van der Waals surface area (Å²) in [6.07, 6.45) is 0. The first kappa shape index (κ1) is 15.0. The molecule has 20 heavy (non-hydrogen) atoms. The van der Waals surface area contributed by atoms with E-state index in [1.807, 2.05) is 18.2 Å². The lowest BCUT2D eigenvalue weighted by atomic mass is 10.2. The van der Waals surface area contributed by atoms with Gasteiger partial charge in [0.2, 0.25) is 0 Å². The third kappa shape index (κ3) is 3.37. The van der Waals surface area contributed by atoms with Crippen molar-refractivity contribution in [3.63, 3.8) is 0 Å². The molecular formula is C15H15Cl2NO2. The van der Waals surface area contributed by atoms with Crippen molar-refractivity contribution >= 4 is 23.2 Å². The smallest absolute Gasteiger partial charge is 0.124 e. The average Bonchev–Trinajstić information content (AvgIpc) is 2.46. The maximum absolute atomic E-state index is 6.11. The molecule has 0 radical (unpaired) electrons. The van der Waals surface area contributed by atoms with Crippen LogP contribution >= 0.6 is 23.2 Å². The van der Waals surface area contributed by atoms with Gasteiger partial charge in [-0.05, 0) is 30.3 Å². The molecule has 2 rings (SSSR count). The molecule has 0 bridgehead atoms. The van der Waals surface area contributed by atoms with E-state index in [-0.39, 0.29) is 6.61 Å². The van der Waals surface area contributed by atoms with Crippen molar-refractivity contribution in [1.29, 1.82) is 0 Å². The molecule has 2 aromatic carbocycles. The van der Waals surface area contributed by atoms with Gasteiger partial charge in [-0.2, -0.15) is 0 Å². The van der Waals surface area contributed by atoms with Gasteiger partial charge in [-0.1, -0.05) is 29.3 Å². The van der Waals surface area contributed by atoms with Gasteiger partial charge >= 0.3 is 0 Å². The van der Waals surface area contributed by atoms with E-state index in [0.29, 0.717) is 22.3 Å². The van der Waals surface area contributed by atoms with Crippen molar-refractivity contribution in [3.05, 3.63) is 57.6 Å². The number of halogens is 2. The summed E-state index contributed by atoms with van der Waals surface area (Å²) in [5, 5.41) is 1.17. The lowest BCUT2D eigenvalue weighted by Crippen LogP contribution is -2.04. The summed E-state index contributed by atoms with van der Waals surface area (Å²) in [4.78, 5) is 0. The number of nitrogens with two attached hydrogens (primary N) is 1. The van der Waals surface area contributed by atoms with Crippen molar-refractivity contribution in [1.82, 2.24) is 0 Å². The zero-order chi connectivity index (χ0) is 14.5. The molecule has 0 unspecified atom stereocenters. The van der Waals surface area contributed by atoms with Crippen LogP contribution in [0, 0.1) is 0 Å². The normalized spacial score (nSPS) is 10.4. The van der Waals surface area contributed by atoms with Crippen molar-refractivity contribution < 1.29 is 9.47 Å². The monoisotopic (exact) mass is 311 g/mol. The molecule has 0 saturated heterocycles. The van der Waals surface area contributed by atoms with Crippen LogP contribution in [0.1, 0.15) is 11.1 Å². The average molecular weight is 312 g/mol. The predicted octanol–water partition coefficient (Wildman–Crippen LogP) is 4.04. The molecule has 5 heteroatoms. The highest BCUT2D eigenvalue weighted by Crippen LogP contribution is 2.28. The first-order valence-electron chi connectivity index (χ1n) is 6.08. The van der Waals surface area contributed by atoms with Crippen LogP contribution in [0.5, 0.6) is 11.5 Å². The van der Waals surface area contributed by atoms with Crippen LogP contribution in [0.4, 0.5) is 0 Å². The van der Waals surface area contributed by atoms with Gasteiger partial charge in [0.15, 0.2) is 0 Å². The van der Waals surface area contributed by atoms with E-state index >= 15 is 0 Å². The molecule has 0 aliphatic carbocycles. The third-order valence-electron chi connectivity index (χ3n) is 2.92. The Bertz CT molecular complexity index is 582. The first-order chi connectivity index (χ1) is 9.65. The molecule has 0 amide bonds. The number of methoxy groups -OCH3 is 1. The fourth-order valence-electron chi connectivity index (χ4n) is 1.80. The zero-order valence-electron chi connectivity index (χ0n) is 11.0.